The number of nitrogens with zero attached hydrogens (tertiary/aromatic N) is 4. The van der Waals surface area contributed by atoms with E-state index in [1.54, 1.807) is 16.9 Å². The molecule has 0 N–H and O–H groups in total. The molecule has 1 saturated heterocycles. The lowest BCUT2D eigenvalue weighted by Gasteiger charge is -2.40. The first kappa shape index (κ1) is 17.5. The van der Waals surface area contributed by atoms with E-state index in [9.17, 15) is 4.79 Å². The van der Waals surface area contributed by atoms with Crippen molar-refractivity contribution in [2.24, 2.45) is 7.05 Å². The molecule has 0 radical (unpaired) electrons. The van der Waals surface area contributed by atoms with E-state index in [1.807, 2.05) is 24.9 Å². The molecule has 6 heteroatoms. The van der Waals surface area contributed by atoms with Crippen LogP contribution in [0.3, 0.4) is 0 Å². The predicted octanol–water partition coefficient (Wildman–Crippen LogP) is 3.58. The normalized spacial score (nSPS) is 20.0. The molecule has 0 unspecified atom stereocenters. The maximum atomic E-state index is 13.0. The Labute approximate surface area is 158 Å². The van der Waals surface area contributed by atoms with Gasteiger partial charge in [0, 0.05) is 37.3 Å². The third kappa shape index (κ3) is 3.16. The van der Waals surface area contributed by atoms with Gasteiger partial charge in [0.2, 0.25) is 0 Å². The number of hydrogen-bond donors (Lipinski definition) is 0. The van der Waals surface area contributed by atoms with Crippen LogP contribution in [0, 0.1) is 6.92 Å². The Morgan fingerprint density at radius 1 is 1.26 bits per heavy atom. The number of carbonyl (C=O) groups excluding carboxylic acids is 1. The molecule has 4 rings (SSSR count). The Hall–Kier alpha value is -2.89. The number of hydrogen-bond acceptors (Lipinski definition) is 4. The topological polar surface area (TPSA) is 64.2 Å². The molecule has 0 saturated carbocycles. The molecule has 1 amide bonds. The third-order valence-corrected chi connectivity index (χ3v) is 5.68. The van der Waals surface area contributed by atoms with Crippen LogP contribution in [0.25, 0.3) is 11.3 Å². The largest absolute Gasteiger partial charge is 0.355 e. The minimum atomic E-state index is -0.0756. The van der Waals surface area contributed by atoms with Gasteiger partial charge in [-0.3, -0.25) is 9.48 Å². The Kier molecular flexibility index (Phi) is 4.34. The molecule has 27 heavy (non-hydrogen) atoms. The zero-order chi connectivity index (χ0) is 19.0. The Morgan fingerprint density at radius 3 is 2.74 bits per heavy atom. The highest BCUT2D eigenvalue weighted by Crippen LogP contribution is 2.34. The second-order valence-electron chi connectivity index (χ2n) is 7.60. The van der Waals surface area contributed by atoms with Crippen molar-refractivity contribution in [3.63, 3.8) is 0 Å². The molecule has 0 bridgehead atoms. The number of amides is 1. The molecule has 1 atom stereocenters. The Morgan fingerprint density at radius 2 is 2.04 bits per heavy atom. The summed E-state index contributed by atoms with van der Waals surface area (Å²) in [7, 11) is 1.87. The van der Waals surface area contributed by atoms with Crippen molar-refractivity contribution in [3.8, 4) is 11.3 Å². The predicted molar refractivity (Wildman–Crippen MR) is 102 cm³/mol. The smallest absolute Gasteiger partial charge is 0.276 e. The van der Waals surface area contributed by atoms with Gasteiger partial charge in [0.05, 0.1) is 11.8 Å². The summed E-state index contributed by atoms with van der Waals surface area (Å²) in [6, 6.07) is 12.2. The lowest BCUT2D eigenvalue weighted by molar-refractivity contribution is 0.0640. The van der Waals surface area contributed by atoms with Crippen LogP contribution in [-0.2, 0) is 12.5 Å². The fourth-order valence-corrected chi connectivity index (χ4v) is 3.89. The van der Waals surface area contributed by atoms with Crippen molar-refractivity contribution in [2.45, 2.75) is 32.1 Å². The van der Waals surface area contributed by atoms with Crippen LogP contribution in [0.5, 0.6) is 0 Å². The molecule has 1 aliphatic heterocycles. The summed E-state index contributed by atoms with van der Waals surface area (Å²) >= 11 is 0. The van der Waals surface area contributed by atoms with E-state index >= 15 is 0 Å². The minimum Gasteiger partial charge on any atom is -0.355 e. The van der Waals surface area contributed by atoms with E-state index in [-0.39, 0.29) is 11.3 Å². The molecule has 1 aromatic carbocycles. The maximum absolute atomic E-state index is 13.0. The van der Waals surface area contributed by atoms with Crippen molar-refractivity contribution >= 4 is 5.91 Å². The highest BCUT2D eigenvalue weighted by atomic mass is 16.5. The summed E-state index contributed by atoms with van der Waals surface area (Å²) in [4.78, 5) is 14.9. The SMILES string of the molecule is Cc1c(-c2cc(C(=O)N3CCC[C@@](C)(c4ccccc4)C3)no2)cnn1C. The van der Waals surface area contributed by atoms with Gasteiger partial charge < -0.3 is 9.42 Å². The number of aryl methyl sites for hydroxylation is 1. The van der Waals surface area contributed by atoms with Crippen LogP contribution in [0.2, 0.25) is 0 Å². The third-order valence-electron chi connectivity index (χ3n) is 5.68. The van der Waals surface area contributed by atoms with E-state index < -0.39 is 0 Å². The first-order valence-electron chi connectivity index (χ1n) is 9.28. The molecule has 1 aliphatic rings. The van der Waals surface area contributed by atoms with Gasteiger partial charge in [-0.2, -0.15) is 5.10 Å². The summed E-state index contributed by atoms with van der Waals surface area (Å²) in [6.07, 6.45) is 3.78. The van der Waals surface area contributed by atoms with Gasteiger partial charge in [-0.25, -0.2) is 0 Å². The molecule has 6 nitrogen and oxygen atoms in total. The highest BCUT2D eigenvalue weighted by molar-refractivity contribution is 5.93. The van der Waals surface area contributed by atoms with Crippen molar-refractivity contribution in [1.29, 1.82) is 0 Å². The molecular weight excluding hydrogens is 340 g/mol. The first-order valence-corrected chi connectivity index (χ1v) is 9.28. The summed E-state index contributed by atoms with van der Waals surface area (Å²) in [6.45, 7) is 5.62. The number of benzene rings is 1. The molecule has 3 aromatic rings. The number of aromatic nitrogens is 3. The Bertz CT molecular complexity index is 960. The molecule has 0 spiro atoms. The molecular formula is C21H24N4O2. The number of rotatable bonds is 3. The van der Waals surface area contributed by atoms with Gasteiger partial charge in [-0.05, 0) is 25.3 Å². The van der Waals surface area contributed by atoms with Crippen molar-refractivity contribution in [2.75, 3.05) is 13.1 Å². The lowest BCUT2D eigenvalue weighted by atomic mass is 9.76. The van der Waals surface area contributed by atoms with Gasteiger partial charge in [-0.1, -0.05) is 42.4 Å². The maximum Gasteiger partial charge on any atom is 0.276 e. The lowest BCUT2D eigenvalue weighted by Crippen LogP contribution is -2.47. The van der Waals surface area contributed by atoms with Crippen LogP contribution < -0.4 is 0 Å². The molecule has 3 heterocycles. The van der Waals surface area contributed by atoms with Crippen LogP contribution in [0.15, 0.2) is 47.1 Å². The van der Waals surface area contributed by atoms with Crippen molar-refractivity contribution in [1.82, 2.24) is 19.8 Å². The van der Waals surface area contributed by atoms with Crippen molar-refractivity contribution in [3.05, 3.63) is 59.5 Å². The van der Waals surface area contributed by atoms with Crippen LogP contribution in [0.4, 0.5) is 0 Å². The monoisotopic (exact) mass is 364 g/mol. The van der Waals surface area contributed by atoms with E-state index in [0.717, 1.165) is 30.6 Å². The fourth-order valence-electron chi connectivity index (χ4n) is 3.89. The zero-order valence-electron chi connectivity index (χ0n) is 16.0. The van der Waals surface area contributed by atoms with Crippen LogP contribution in [0.1, 0.15) is 41.5 Å². The summed E-state index contributed by atoms with van der Waals surface area (Å²) in [5.41, 5.74) is 3.42. The molecule has 1 fully saturated rings. The molecule has 2 aromatic heterocycles. The van der Waals surface area contributed by atoms with E-state index in [1.165, 1.54) is 5.56 Å². The van der Waals surface area contributed by atoms with Crippen molar-refractivity contribution < 1.29 is 9.32 Å². The van der Waals surface area contributed by atoms with Gasteiger partial charge in [-0.15, -0.1) is 0 Å². The number of carbonyl (C=O) groups is 1. The minimum absolute atomic E-state index is 0.0400. The first-order chi connectivity index (χ1) is 13.0. The summed E-state index contributed by atoms with van der Waals surface area (Å²) in [5.74, 6) is 0.500. The summed E-state index contributed by atoms with van der Waals surface area (Å²) < 4.78 is 7.22. The van der Waals surface area contributed by atoms with Gasteiger partial charge in [0.25, 0.3) is 5.91 Å². The highest BCUT2D eigenvalue weighted by Gasteiger charge is 2.35. The van der Waals surface area contributed by atoms with Gasteiger partial charge >= 0.3 is 0 Å². The average molecular weight is 364 g/mol. The second kappa shape index (κ2) is 6.68. The van der Waals surface area contributed by atoms with E-state index in [2.05, 4.69) is 41.4 Å². The molecule has 0 aliphatic carbocycles. The van der Waals surface area contributed by atoms with E-state index in [0.29, 0.717) is 18.0 Å². The quantitative estimate of drug-likeness (QED) is 0.713. The Balaban J connectivity index is 1.55. The fraction of sp³-hybridized carbons (Fsp3) is 0.381. The zero-order valence-corrected chi connectivity index (χ0v) is 16.0. The van der Waals surface area contributed by atoms with E-state index in [4.69, 9.17) is 4.52 Å². The number of piperidine rings is 1. The summed E-state index contributed by atoms with van der Waals surface area (Å²) in [5, 5.41) is 8.26. The van der Waals surface area contributed by atoms with Crippen LogP contribution >= 0.6 is 0 Å². The van der Waals surface area contributed by atoms with Gasteiger partial charge in [0.15, 0.2) is 11.5 Å². The molecule has 140 valence electrons. The van der Waals surface area contributed by atoms with Gasteiger partial charge in [0.1, 0.15) is 0 Å². The average Bonchev–Trinajstić information content (AvgIpc) is 3.29. The second-order valence-corrected chi connectivity index (χ2v) is 7.60. The standard InChI is InChI=1S/C21H24N4O2/c1-15-17(13-22-24(15)3)19-12-18(23-27-19)20(26)25-11-7-10-21(2,14-25)16-8-5-4-6-9-16/h4-6,8-9,12-13H,7,10-11,14H2,1-3H3/t21-/m1/s1. The van der Waals surface area contributed by atoms with Crippen LogP contribution in [-0.4, -0.2) is 38.8 Å². The number of likely N-dealkylation sites (tertiary alicyclic amines) is 1.